The molecular formula is C36H32N2O4S2. The number of unbranched alkanes of at least 4 members (excludes halogenated alkanes) is 4. The van der Waals surface area contributed by atoms with Crippen molar-refractivity contribution in [3.8, 4) is 31.3 Å². The quantitative estimate of drug-likeness (QED) is 0.142. The monoisotopic (exact) mass is 620 g/mol. The molecule has 0 fully saturated rings. The first-order valence-electron chi connectivity index (χ1n) is 15.3. The summed E-state index contributed by atoms with van der Waals surface area (Å²) in [7, 11) is 0. The largest absolute Gasteiger partial charge is 0.461 e. The van der Waals surface area contributed by atoms with E-state index >= 15 is 0 Å². The van der Waals surface area contributed by atoms with Gasteiger partial charge in [-0.1, -0.05) is 46.0 Å². The van der Waals surface area contributed by atoms with Crippen LogP contribution in [-0.2, 0) is 0 Å². The van der Waals surface area contributed by atoms with Gasteiger partial charge >= 0.3 is 0 Å². The van der Waals surface area contributed by atoms with Gasteiger partial charge in [-0.05, 0) is 49.7 Å². The van der Waals surface area contributed by atoms with Gasteiger partial charge in [0.25, 0.3) is 0 Å². The summed E-state index contributed by atoms with van der Waals surface area (Å²) in [5, 5.41) is 5.93. The number of hydrogen-bond acceptors (Lipinski definition) is 8. The number of aromatic nitrogens is 2. The Morgan fingerprint density at radius 2 is 1.16 bits per heavy atom. The van der Waals surface area contributed by atoms with E-state index in [-0.39, 0.29) is 0 Å². The molecule has 0 amide bonds. The number of aryl methyl sites for hydroxylation is 1. The SMILES string of the molecule is CCCCCCCC(C)c1cc2cc3cc(-c4ncc(-c5cnc(-c6cc7cc8cc(C)oc8cc7o6)s5)s4)oc3cc2o1. The summed E-state index contributed by atoms with van der Waals surface area (Å²) in [6, 6.07) is 16.6. The second-order valence-corrected chi connectivity index (χ2v) is 13.8. The zero-order chi connectivity index (χ0) is 29.8. The van der Waals surface area contributed by atoms with Gasteiger partial charge in [0.1, 0.15) is 33.9 Å². The summed E-state index contributed by atoms with van der Waals surface area (Å²) in [5.41, 5.74) is 3.30. The highest BCUT2D eigenvalue weighted by Crippen LogP contribution is 2.41. The molecule has 8 rings (SSSR count). The van der Waals surface area contributed by atoms with Gasteiger partial charge in [-0.15, -0.1) is 22.7 Å². The van der Waals surface area contributed by atoms with Crippen molar-refractivity contribution in [3.63, 3.8) is 0 Å². The first-order chi connectivity index (χ1) is 21.5. The molecule has 6 aromatic heterocycles. The van der Waals surface area contributed by atoms with Crippen molar-refractivity contribution >= 4 is 66.6 Å². The second-order valence-electron chi connectivity index (χ2n) is 11.7. The highest BCUT2D eigenvalue weighted by atomic mass is 32.1. The van der Waals surface area contributed by atoms with E-state index in [1.54, 1.807) is 22.7 Å². The average Bonchev–Trinajstić information content (AvgIpc) is 3.84. The maximum atomic E-state index is 6.28. The summed E-state index contributed by atoms with van der Waals surface area (Å²) < 4.78 is 24.5. The number of nitrogens with zero attached hydrogens (tertiary/aromatic N) is 2. The lowest BCUT2D eigenvalue weighted by atomic mass is 9.99. The van der Waals surface area contributed by atoms with Crippen molar-refractivity contribution in [1.82, 2.24) is 9.97 Å². The van der Waals surface area contributed by atoms with Crippen LogP contribution in [-0.4, -0.2) is 9.97 Å². The normalized spacial score (nSPS) is 12.9. The van der Waals surface area contributed by atoms with E-state index in [1.807, 2.05) is 43.6 Å². The molecule has 0 aliphatic heterocycles. The fourth-order valence-corrected chi connectivity index (χ4v) is 7.76. The predicted molar refractivity (Wildman–Crippen MR) is 180 cm³/mol. The van der Waals surface area contributed by atoms with Crippen LogP contribution in [0.3, 0.4) is 0 Å². The lowest BCUT2D eigenvalue weighted by molar-refractivity contribution is 0.471. The lowest BCUT2D eigenvalue weighted by Crippen LogP contribution is -1.91. The molecule has 1 atom stereocenters. The predicted octanol–water partition coefficient (Wildman–Crippen LogP) is 12.4. The van der Waals surface area contributed by atoms with E-state index in [2.05, 4.69) is 43.1 Å². The van der Waals surface area contributed by atoms with Crippen LogP contribution >= 0.6 is 22.7 Å². The van der Waals surface area contributed by atoms with E-state index in [0.717, 1.165) is 93.1 Å². The minimum atomic E-state index is 0.413. The summed E-state index contributed by atoms with van der Waals surface area (Å²) in [4.78, 5) is 11.4. The molecule has 0 radical (unpaired) electrons. The Bertz CT molecular complexity index is 2150. The zero-order valence-corrected chi connectivity index (χ0v) is 26.6. The maximum absolute atomic E-state index is 6.28. The molecule has 0 bridgehead atoms. The van der Waals surface area contributed by atoms with Crippen LogP contribution in [0.15, 0.2) is 78.6 Å². The topological polar surface area (TPSA) is 78.3 Å². The van der Waals surface area contributed by atoms with Crippen LogP contribution < -0.4 is 0 Å². The molecule has 44 heavy (non-hydrogen) atoms. The van der Waals surface area contributed by atoms with Crippen LogP contribution in [0.4, 0.5) is 0 Å². The Morgan fingerprint density at radius 3 is 1.80 bits per heavy atom. The number of furan rings is 4. The van der Waals surface area contributed by atoms with Gasteiger partial charge in [0, 0.05) is 52.0 Å². The van der Waals surface area contributed by atoms with Crippen molar-refractivity contribution in [2.75, 3.05) is 0 Å². The molecule has 0 saturated carbocycles. The second kappa shape index (κ2) is 11.1. The van der Waals surface area contributed by atoms with Crippen molar-refractivity contribution < 1.29 is 17.7 Å². The van der Waals surface area contributed by atoms with E-state index in [4.69, 9.17) is 22.7 Å². The Morgan fingerprint density at radius 1 is 0.614 bits per heavy atom. The molecule has 0 aliphatic carbocycles. The van der Waals surface area contributed by atoms with E-state index < -0.39 is 0 Å². The molecule has 2 aromatic carbocycles. The first-order valence-corrected chi connectivity index (χ1v) is 17.0. The van der Waals surface area contributed by atoms with Gasteiger partial charge < -0.3 is 17.7 Å². The Labute approximate surface area is 262 Å². The molecule has 0 saturated heterocycles. The highest BCUT2D eigenvalue weighted by Gasteiger charge is 2.18. The molecule has 6 heterocycles. The molecule has 6 nitrogen and oxygen atoms in total. The van der Waals surface area contributed by atoms with Crippen LogP contribution in [0.1, 0.15) is 69.8 Å². The van der Waals surface area contributed by atoms with Crippen molar-refractivity contribution in [2.45, 2.75) is 65.2 Å². The molecule has 222 valence electrons. The van der Waals surface area contributed by atoms with Crippen molar-refractivity contribution in [3.05, 3.63) is 72.4 Å². The first kappa shape index (κ1) is 27.4. The van der Waals surface area contributed by atoms with Crippen LogP contribution in [0.25, 0.3) is 75.2 Å². The van der Waals surface area contributed by atoms with Crippen LogP contribution in [0.5, 0.6) is 0 Å². The zero-order valence-electron chi connectivity index (χ0n) is 24.9. The molecule has 8 heteroatoms. The number of thiazole rings is 2. The Kier molecular flexibility index (Phi) is 6.91. The fourth-order valence-electron chi connectivity index (χ4n) is 5.96. The highest BCUT2D eigenvalue weighted by molar-refractivity contribution is 7.24. The van der Waals surface area contributed by atoms with E-state index in [0.29, 0.717) is 5.92 Å². The molecule has 0 spiro atoms. The standard InChI is InChI=1S/C36H32N2O4S2/c1-4-5-6-7-8-9-20(2)26-13-23-12-25-15-32(42-30(25)17-28(23)40-26)36-38-19-34(44-36)33-18-37-35(43-33)31-14-24-11-22-10-21(3)39-27(22)16-29(24)41-31/h10-20H,4-9H2,1-3H3. The van der Waals surface area contributed by atoms with Crippen LogP contribution in [0, 0.1) is 6.92 Å². The molecule has 0 aliphatic rings. The molecule has 1 unspecified atom stereocenters. The Hall–Kier alpha value is -4.14. The number of fused-ring (bicyclic) bond motifs is 4. The van der Waals surface area contributed by atoms with Gasteiger partial charge in [-0.25, -0.2) is 9.97 Å². The molecule has 8 aromatic rings. The van der Waals surface area contributed by atoms with Crippen molar-refractivity contribution in [1.29, 1.82) is 0 Å². The van der Waals surface area contributed by atoms with Gasteiger partial charge in [0.15, 0.2) is 21.5 Å². The molecular weight excluding hydrogens is 589 g/mol. The maximum Gasteiger partial charge on any atom is 0.164 e. The summed E-state index contributed by atoms with van der Waals surface area (Å²) in [6.07, 6.45) is 11.4. The van der Waals surface area contributed by atoms with E-state index in [9.17, 15) is 0 Å². The number of rotatable bonds is 10. The number of hydrogen-bond donors (Lipinski definition) is 0. The fraction of sp³-hybridized carbons (Fsp3) is 0.278. The van der Waals surface area contributed by atoms with Gasteiger partial charge in [-0.2, -0.15) is 0 Å². The lowest BCUT2D eigenvalue weighted by Gasteiger charge is -2.07. The summed E-state index contributed by atoms with van der Waals surface area (Å²) in [5.74, 6) is 3.86. The third kappa shape index (κ3) is 5.06. The third-order valence-corrected chi connectivity index (χ3v) is 10.6. The summed E-state index contributed by atoms with van der Waals surface area (Å²) >= 11 is 3.19. The van der Waals surface area contributed by atoms with E-state index in [1.165, 1.54) is 32.1 Å². The number of benzene rings is 2. The average molecular weight is 621 g/mol. The molecule has 0 N–H and O–H groups in total. The minimum Gasteiger partial charge on any atom is -0.461 e. The Balaban J connectivity index is 1.00. The van der Waals surface area contributed by atoms with Gasteiger partial charge in [-0.3, -0.25) is 0 Å². The summed E-state index contributed by atoms with van der Waals surface area (Å²) in [6.45, 7) is 6.47. The van der Waals surface area contributed by atoms with Gasteiger partial charge in [0.05, 0.1) is 9.75 Å². The third-order valence-electron chi connectivity index (χ3n) is 8.35. The van der Waals surface area contributed by atoms with Crippen LogP contribution in [0.2, 0.25) is 0 Å². The smallest absolute Gasteiger partial charge is 0.164 e. The van der Waals surface area contributed by atoms with Gasteiger partial charge in [0.2, 0.25) is 0 Å². The minimum absolute atomic E-state index is 0.413. The van der Waals surface area contributed by atoms with Crippen molar-refractivity contribution in [2.24, 2.45) is 0 Å².